The van der Waals surface area contributed by atoms with Crippen LogP contribution in [0.25, 0.3) is 10.7 Å². The largest absolute Gasteiger partial charge is 0.313 e. The molecule has 2 rings (SSSR count). The van der Waals surface area contributed by atoms with Gasteiger partial charge in [-0.05, 0) is 12.5 Å². The lowest BCUT2D eigenvalue weighted by molar-refractivity contribution is 0.695. The summed E-state index contributed by atoms with van der Waals surface area (Å²) in [6, 6.07) is 0. The van der Waals surface area contributed by atoms with Crippen molar-refractivity contribution >= 4 is 11.3 Å². The molecule has 2 aromatic rings. The third kappa shape index (κ3) is 2.91. The van der Waals surface area contributed by atoms with Crippen LogP contribution in [0, 0.1) is 0 Å². The second-order valence-electron chi connectivity index (χ2n) is 4.40. The maximum Gasteiger partial charge on any atom is 0.171 e. The number of hydrogen-bond donors (Lipinski definition) is 1. The lowest BCUT2D eigenvalue weighted by Gasteiger charge is -2.12. The summed E-state index contributed by atoms with van der Waals surface area (Å²) in [4.78, 5) is 14.2. The average Bonchev–Trinajstić information content (AvgIpc) is 2.90. The van der Waals surface area contributed by atoms with Crippen molar-refractivity contribution in [2.24, 2.45) is 0 Å². The molecule has 1 N–H and O–H groups in total. The highest BCUT2D eigenvalue weighted by Crippen LogP contribution is 2.23. The molecule has 0 spiro atoms. The molecule has 0 saturated carbocycles. The lowest BCUT2D eigenvalue weighted by atomic mass is 10.1. The summed E-state index contributed by atoms with van der Waals surface area (Å²) in [5.74, 6) is 1.18. The Hall–Kier alpha value is -1.33. The summed E-state index contributed by atoms with van der Waals surface area (Å²) in [6.45, 7) is 8.20. The predicted octanol–water partition coefficient (Wildman–Crippen LogP) is 2.83. The van der Waals surface area contributed by atoms with Gasteiger partial charge in [0, 0.05) is 24.5 Å². The van der Waals surface area contributed by atoms with Gasteiger partial charge in [0.2, 0.25) is 0 Å². The summed E-state index contributed by atoms with van der Waals surface area (Å²) in [7, 11) is 0. The predicted molar refractivity (Wildman–Crippen MR) is 74.6 cm³/mol. The second kappa shape index (κ2) is 6.02. The van der Waals surface area contributed by atoms with Gasteiger partial charge in [0.15, 0.2) is 5.82 Å². The van der Waals surface area contributed by atoms with E-state index in [-0.39, 0.29) is 0 Å². The van der Waals surface area contributed by atoms with Crippen molar-refractivity contribution in [3.05, 3.63) is 29.2 Å². The van der Waals surface area contributed by atoms with Gasteiger partial charge in [-0.1, -0.05) is 20.8 Å². The number of hydrogen-bond acceptors (Lipinski definition) is 5. The van der Waals surface area contributed by atoms with Crippen LogP contribution in [-0.2, 0) is 6.54 Å². The summed E-state index contributed by atoms with van der Waals surface area (Å²) in [5.41, 5.74) is 4.11. The zero-order chi connectivity index (χ0) is 13.0. The monoisotopic (exact) mass is 262 g/mol. The Labute approximate surface area is 112 Å². The summed E-state index contributed by atoms with van der Waals surface area (Å²) in [5, 5.41) is 3.32. The van der Waals surface area contributed by atoms with E-state index in [0.717, 1.165) is 29.5 Å². The Balaban J connectivity index is 2.34. The maximum absolute atomic E-state index is 4.69. The third-order valence-corrected chi connectivity index (χ3v) is 3.43. The van der Waals surface area contributed by atoms with Crippen molar-refractivity contribution in [2.75, 3.05) is 6.54 Å². The van der Waals surface area contributed by atoms with Crippen molar-refractivity contribution in [1.29, 1.82) is 0 Å². The van der Waals surface area contributed by atoms with E-state index in [9.17, 15) is 0 Å². The maximum atomic E-state index is 4.69. The first-order chi connectivity index (χ1) is 8.72. The normalized spacial score (nSPS) is 11.1. The first-order valence-electron chi connectivity index (χ1n) is 6.17. The molecule has 0 aromatic carbocycles. The Bertz CT molecular complexity index is 494. The van der Waals surface area contributed by atoms with Gasteiger partial charge in [0.1, 0.15) is 0 Å². The van der Waals surface area contributed by atoms with Gasteiger partial charge in [-0.3, -0.25) is 4.98 Å². The quantitative estimate of drug-likeness (QED) is 0.900. The average molecular weight is 262 g/mol. The van der Waals surface area contributed by atoms with Crippen LogP contribution >= 0.6 is 11.3 Å². The van der Waals surface area contributed by atoms with E-state index in [2.05, 4.69) is 41.0 Å². The van der Waals surface area contributed by atoms with Crippen molar-refractivity contribution in [2.45, 2.75) is 33.2 Å². The molecular weight excluding hydrogens is 244 g/mol. The van der Waals surface area contributed by atoms with Crippen LogP contribution in [0.1, 0.15) is 37.9 Å². The molecule has 18 heavy (non-hydrogen) atoms. The van der Waals surface area contributed by atoms with Gasteiger partial charge < -0.3 is 5.32 Å². The summed E-state index contributed by atoms with van der Waals surface area (Å²) < 4.78 is 0. The smallest absolute Gasteiger partial charge is 0.171 e. The molecular formula is C13H18N4S. The summed E-state index contributed by atoms with van der Waals surface area (Å²) >= 11 is 1.57. The molecule has 0 amide bonds. The molecule has 0 saturated heterocycles. The minimum atomic E-state index is 0.397. The van der Waals surface area contributed by atoms with E-state index < -0.39 is 0 Å². The number of nitrogens with one attached hydrogen (secondary N) is 1. The molecule has 5 heteroatoms. The van der Waals surface area contributed by atoms with Crippen LogP contribution in [0.5, 0.6) is 0 Å². The topological polar surface area (TPSA) is 50.7 Å². The Morgan fingerprint density at radius 2 is 2.17 bits per heavy atom. The van der Waals surface area contributed by atoms with Crippen LogP contribution in [0.3, 0.4) is 0 Å². The first kappa shape index (κ1) is 13.1. The highest BCUT2D eigenvalue weighted by molar-refractivity contribution is 7.13. The van der Waals surface area contributed by atoms with E-state index in [1.165, 1.54) is 5.56 Å². The first-order valence-corrected chi connectivity index (χ1v) is 7.05. The van der Waals surface area contributed by atoms with Gasteiger partial charge in [-0.2, -0.15) is 0 Å². The van der Waals surface area contributed by atoms with Gasteiger partial charge in [0.05, 0.1) is 16.1 Å². The number of nitrogens with zero attached hydrogens (tertiary/aromatic N) is 3. The molecule has 0 fully saturated rings. The van der Waals surface area contributed by atoms with E-state index in [4.69, 9.17) is 0 Å². The molecule has 0 aliphatic rings. The highest BCUT2D eigenvalue weighted by Gasteiger charge is 2.12. The van der Waals surface area contributed by atoms with E-state index in [1.807, 2.05) is 12.4 Å². The fourth-order valence-corrected chi connectivity index (χ4v) is 2.32. The molecule has 0 aliphatic heterocycles. The lowest BCUT2D eigenvalue weighted by Crippen LogP contribution is -2.15. The molecule has 2 aromatic heterocycles. The molecule has 2 heterocycles. The SMILES string of the molecule is CCNCc1cnc(-c2cncs2)nc1C(C)C. The highest BCUT2D eigenvalue weighted by atomic mass is 32.1. The van der Waals surface area contributed by atoms with Crippen molar-refractivity contribution < 1.29 is 0 Å². The van der Waals surface area contributed by atoms with Crippen LogP contribution in [0.2, 0.25) is 0 Å². The molecule has 4 nitrogen and oxygen atoms in total. The summed E-state index contributed by atoms with van der Waals surface area (Å²) in [6.07, 6.45) is 3.74. The van der Waals surface area contributed by atoms with Crippen LogP contribution in [-0.4, -0.2) is 21.5 Å². The number of aromatic nitrogens is 3. The van der Waals surface area contributed by atoms with Gasteiger partial charge in [-0.25, -0.2) is 9.97 Å². The number of rotatable bonds is 5. The Morgan fingerprint density at radius 1 is 1.33 bits per heavy atom. The molecule has 0 unspecified atom stereocenters. The third-order valence-electron chi connectivity index (χ3n) is 2.66. The Kier molecular flexibility index (Phi) is 4.38. The fourth-order valence-electron chi connectivity index (χ4n) is 1.76. The van der Waals surface area contributed by atoms with Crippen molar-refractivity contribution in [3.8, 4) is 10.7 Å². The minimum absolute atomic E-state index is 0.397. The molecule has 0 bridgehead atoms. The fraction of sp³-hybridized carbons (Fsp3) is 0.462. The van der Waals surface area contributed by atoms with Crippen LogP contribution < -0.4 is 5.32 Å². The van der Waals surface area contributed by atoms with Crippen molar-refractivity contribution in [1.82, 2.24) is 20.3 Å². The van der Waals surface area contributed by atoms with Gasteiger partial charge in [-0.15, -0.1) is 11.3 Å². The van der Waals surface area contributed by atoms with Gasteiger partial charge >= 0.3 is 0 Å². The molecule has 0 radical (unpaired) electrons. The molecule has 0 aliphatic carbocycles. The molecule has 96 valence electrons. The van der Waals surface area contributed by atoms with E-state index in [1.54, 1.807) is 16.8 Å². The van der Waals surface area contributed by atoms with Crippen LogP contribution in [0.15, 0.2) is 17.9 Å². The Morgan fingerprint density at radius 3 is 2.78 bits per heavy atom. The minimum Gasteiger partial charge on any atom is -0.313 e. The van der Waals surface area contributed by atoms with Crippen molar-refractivity contribution in [3.63, 3.8) is 0 Å². The zero-order valence-corrected chi connectivity index (χ0v) is 11.8. The zero-order valence-electron chi connectivity index (χ0n) is 11.0. The van der Waals surface area contributed by atoms with Gasteiger partial charge in [0.25, 0.3) is 0 Å². The molecule has 0 atom stereocenters. The standard InChI is InChI=1S/C13H18N4S/c1-4-14-5-10-6-16-13(11-7-15-8-18-11)17-12(10)9(2)3/h6-9,14H,4-5H2,1-3H3. The van der Waals surface area contributed by atoms with E-state index in [0.29, 0.717) is 5.92 Å². The number of thiazole rings is 1. The van der Waals surface area contributed by atoms with Crippen LogP contribution in [0.4, 0.5) is 0 Å². The second-order valence-corrected chi connectivity index (χ2v) is 5.29. The van der Waals surface area contributed by atoms with E-state index >= 15 is 0 Å².